The molecule has 1 aromatic carbocycles. The molecule has 1 aliphatic rings. The van der Waals surface area contributed by atoms with E-state index in [1.54, 1.807) is 18.2 Å². The first kappa shape index (κ1) is 13.2. The second kappa shape index (κ2) is 6.08. The SMILES string of the molecule is CCCNC(=O)CC(=O)Nc1ccc2c(c1)OCO2. The van der Waals surface area contributed by atoms with Crippen molar-refractivity contribution in [3.8, 4) is 11.5 Å². The summed E-state index contributed by atoms with van der Waals surface area (Å²) in [6.07, 6.45) is 0.657. The largest absolute Gasteiger partial charge is 0.454 e. The van der Waals surface area contributed by atoms with E-state index < -0.39 is 0 Å². The Bertz CT molecular complexity index is 488. The van der Waals surface area contributed by atoms with Crippen molar-refractivity contribution in [3.05, 3.63) is 18.2 Å². The van der Waals surface area contributed by atoms with Crippen molar-refractivity contribution in [3.63, 3.8) is 0 Å². The zero-order chi connectivity index (χ0) is 13.7. The minimum Gasteiger partial charge on any atom is -0.454 e. The van der Waals surface area contributed by atoms with E-state index in [0.29, 0.717) is 23.7 Å². The quantitative estimate of drug-likeness (QED) is 0.785. The third kappa shape index (κ3) is 3.61. The van der Waals surface area contributed by atoms with Crippen LogP contribution in [0.4, 0.5) is 5.69 Å². The second-order valence-electron chi connectivity index (χ2n) is 4.14. The summed E-state index contributed by atoms with van der Waals surface area (Å²) < 4.78 is 10.4. The van der Waals surface area contributed by atoms with E-state index in [0.717, 1.165) is 6.42 Å². The van der Waals surface area contributed by atoms with Crippen molar-refractivity contribution in [2.45, 2.75) is 19.8 Å². The Hall–Kier alpha value is -2.24. The fourth-order valence-electron chi connectivity index (χ4n) is 1.65. The number of carbonyl (C=O) groups excluding carboxylic acids is 2. The summed E-state index contributed by atoms with van der Waals surface area (Å²) in [5.41, 5.74) is 0.581. The molecule has 19 heavy (non-hydrogen) atoms. The van der Waals surface area contributed by atoms with E-state index in [1.165, 1.54) is 0 Å². The van der Waals surface area contributed by atoms with Gasteiger partial charge in [0.2, 0.25) is 18.6 Å². The first-order chi connectivity index (χ1) is 9.19. The van der Waals surface area contributed by atoms with Crippen LogP contribution in [0.2, 0.25) is 0 Å². The van der Waals surface area contributed by atoms with Crippen LogP contribution in [-0.4, -0.2) is 25.2 Å². The highest BCUT2D eigenvalue weighted by Gasteiger charge is 2.15. The predicted molar refractivity (Wildman–Crippen MR) is 69.1 cm³/mol. The van der Waals surface area contributed by atoms with Crippen molar-refractivity contribution in [1.29, 1.82) is 0 Å². The van der Waals surface area contributed by atoms with Gasteiger partial charge in [-0.25, -0.2) is 0 Å². The Labute approximate surface area is 111 Å². The van der Waals surface area contributed by atoms with Gasteiger partial charge in [-0.15, -0.1) is 0 Å². The molecule has 2 amide bonds. The number of anilines is 1. The van der Waals surface area contributed by atoms with Crippen LogP contribution in [0.5, 0.6) is 11.5 Å². The molecule has 0 unspecified atom stereocenters. The molecule has 6 heteroatoms. The molecule has 6 nitrogen and oxygen atoms in total. The number of benzene rings is 1. The minimum atomic E-state index is -0.354. The molecule has 0 saturated carbocycles. The van der Waals surface area contributed by atoms with Crippen molar-refractivity contribution >= 4 is 17.5 Å². The first-order valence-electron chi connectivity index (χ1n) is 6.15. The fourth-order valence-corrected chi connectivity index (χ4v) is 1.65. The summed E-state index contributed by atoms with van der Waals surface area (Å²) in [6.45, 7) is 2.72. The molecule has 0 spiro atoms. The predicted octanol–water partition coefficient (Wildman–Crippen LogP) is 1.27. The molecule has 2 rings (SSSR count). The number of nitrogens with one attached hydrogen (secondary N) is 2. The minimum absolute atomic E-state index is 0.186. The maximum absolute atomic E-state index is 11.6. The van der Waals surface area contributed by atoms with Crippen molar-refractivity contribution < 1.29 is 19.1 Å². The molecule has 0 aliphatic carbocycles. The summed E-state index contributed by atoms with van der Waals surface area (Å²) in [7, 11) is 0. The average molecular weight is 264 g/mol. The van der Waals surface area contributed by atoms with Crippen LogP contribution in [0, 0.1) is 0 Å². The van der Waals surface area contributed by atoms with Crippen molar-refractivity contribution in [1.82, 2.24) is 5.32 Å². The molecule has 0 atom stereocenters. The van der Waals surface area contributed by atoms with Crippen LogP contribution in [0.3, 0.4) is 0 Å². The number of fused-ring (bicyclic) bond motifs is 1. The second-order valence-corrected chi connectivity index (χ2v) is 4.14. The van der Waals surface area contributed by atoms with Crippen molar-refractivity contribution in [2.24, 2.45) is 0 Å². The van der Waals surface area contributed by atoms with E-state index in [-0.39, 0.29) is 25.0 Å². The lowest BCUT2D eigenvalue weighted by Crippen LogP contribution is -2.28. The first-order valence-corrected chi connectivity index (χ1v) is 6.15. The molecule has 0 fully saturated rings. The number of carbonyl (C=O) groups is 2. The maximum Gasteiger partial charge on any atom is 0.233 e. The van der Waals surface area contributed by atoms with Crippen LogP contribution in [0.25, 0.3) is 0 Å². The summed E-state index contributed by atoms with van der Waals surface area (Å²) >= 11 is 0. The van der Waals surface area contributed by atoms with E-state index in [4.69, 9.17) is 9.47 Å². The molecular weight excluding hydrogens is 248 g/mol. The third-order valence-corrected chi connectivity index (χ3v) is 2.55. The number of amides is 2. The lowest BCUT2D eigenvalue weighted by molar-refractivity contribution is -0.126. The normalized spacial score (nSPS) is 12.1. The van der Waals surface area contributed by atoms with Gasteiger partial charge in [0.15, 0.2) is 11.5 Å². The van der Waals surface area contributed by atoms with E-state index in [1.807, 2.05) is 6.92 Å². The van der Waals surface area contributed by atoms with Gasteiger partial charge in [0.25, 0.3) is 0 Å². The monoisotopic (exact) mass is 264 g/mol. The van der Waals surface area contributed by atoms with E-state index in [2.05, 4.69) is 10.6 Å². The van der Waals surface area contributed by atoms with Crippen LogP contribution >= 0.6 is 0 Å². The average Bonchev–Trinajstić information content (AvgIpc) is 2.83. The van der Waals surface area contributed by atoms with Crippen LogP contribution in [0.15, 0.2) is 18.2 Å². The van der Waals surface area contributed by atoms with Crippen molar-refractivity contribution in [2.75, 3.05) is 18.7 Å². The molecule has 0 aromatic heterocycles. The van der Waals surface area contributed by atoms with Gasteiger partial charge in [0.1, 0.15) is 6.42 Å². The van der Waals surface area contributed by atoms with E-state index >= 15 is 0 Å². The molecule has 102 valence electrons. The molecule has 1 heterocycles. The van der Waals surface area contributed by atoms with Gasteiger partial charge in [0.05, 0.1) is 0 Å². The molecule has 2 N–H and O–H groups in total. The molecule has 0 radical (unpaired) electrons. The third-order valence-electron chi connectivity index (χ3n) is 2.55. The fraction of sp³-hybridized carbons (Fsp3) is 0.385. The molecule has 0 bridgehead atoms. The Morgan fingerprint density at radius 1 is 1.21 bits per heavy atom. The highest BCUT2D eigenvalue weighted by atomic mass is 16.7. The summed E-state index contributed by atoms with van der Waals surface area (Å²) in [6, 6.07) is 5.09. The zero-order valence-electron chi connectivity index (χ0n) is 10.7. The number of hydrogen-bond acceptors (Lipinski definition) is 4. The van der Waals surface area contributed by atoms with Crippen LogP contribution < -0.4 is 20.1 Å². The Morgan fingerprint density at radius 2 is 2.00 bits per heavy atom. The molecule has 1 aliphatic heterocycles. The topological polar surface area (TPSA) is 76.7 Å². The number of ether oxygens (including phenoxy) is 2. The van der Waals surface area contributed by atoms with Gasteiger partial charge < -0.3 is 20.1 Å². The van der Waals surface area contributed by atoms with Crippen LogP contribution in [0.1, 0.15) is 19.8 Å². The van der Waals surface area contributed by atoms with Gasteiger partial charge in [-0.2, -0.15) is 0 Å². The lowest BCUT2D eigenvalue weighted by atomic mass is 10.2. The maximum atomic E-state index is 11.6. The number of rotatable bonds is 5. The Kier molecular flexibility index (Phi) is 4.22. The number of hydrogen-bond donors (Lipinski definition) is 2. The Morgan fingerprint density at radius 3 is 2.79 bits per heavy atom. The molecular formula is C13H16N2O4. The van der Waals surface area contributed by atoms with Gasteiger partial charge in [0, 0.05) is 18.3 Å². The Balaban J connectivity index is 1.87. The highest BCUT2D eigenvalue weighted by Crippen LogP contribution is 2.34. The van der Waals surface area contributed by atoms with Crippen LogP contribution in [-0.2, 0) is 9.59 Å². The summed E-state index contributed by atoms with van der Waals surface area (Å²) in [4.78, 5) is 23.0. The van der Waals surface area contributed by atoms with E-state index in [9.17, 15) is 9.59 Å². The van der Waals surface area contributed by atoms with Gasteiger partial charge in [-0.1, -0.05) is 6.92 Å². The smallest absolute Gasteiger partial charge is 0.233 e. The van der Waals surface area contributed by atoms with Gasteiger partial charge in [-0.05, 0) is 18.6 Å². The standard InChI is InChI=1S/C13H16N2O4/c1-2-5-14-12(16)7-13(17)15-9-3-4-10-11(6-9)19-8-18-10/h3-4,6H,2,5,7-8H2,1H3,(H,14,16)(H,15,17). The summed E-state index contributed by atoms with van der Waals surface area (Å²) in [5, 5.41) is 5.29. The molecule has 0 saturated heterocycles. The highest BCUT2D eigenvalue weighted by molar-refractivity contribution is 6.03. The summed E-state index contributed by atoms with van der Waals surface area (Å²) in [5.74, 6) is 0.611. The zero-order valence-corrected chi connectivity index (χ0v) is 10.7. The molecule has 1 aromatic rings. The van der Waals surface area contributed by atoms with Gasteiger partial charge in [-0.3, -0.25) is 9.59 Å². The van der Waals surface area contributed by atoms with Gasteiger partial charge >= 0.3 is 0 Å². The lowest BCUT2D eigenvalue weighted by Gasteiger charge is -2.06.